The average Bonchev–Trinajstić information content (AvgIpc) is 2.38. The first kappa shape index (κ1) is 15.8. The van der Waals surface area contributed by atoms with Gasteiger partial charge in [-0.1, -0.05) is 22.9 Å². The molecule has 1 fully saturated rings. The highest BCUT2D eigenvalue weighted by atomic mass is 79.9. The quantitative estimate of drug-likeness (QED) is 0.756. The van der Waals surface area contributed by atoms with Gasteiger partial charge in [0.15, 0.2) is 6.61 Å². The van der Waals surface area contributed by atoms with Gasteiger partial charge in [0.25, 0.3) is 5.91 Å². The molecule has 110 valence electrons. The Balaban J connectivity index is 1.94. The second-order valence-electron chi connectivity index (χ2n) is 5.39. The van der Waals surface area contributed by atoms with Crippen LogP contribution in [0.4, 0.5) is 0 Å². The molecule has 1 amide bonds. The lowest BCUT2D eigenvalue weighted by atomic mass is 9.99. The summed E-state index contributed by atoms with van der Waals surface area (Å²) in [5.41, 5.74) is 1.01. The molecule has 0 atom stereocenters. The Morgan fingerprint density at radius 3 is 2.60 bits per heavy atom. The Morgan fingerprint density at radius 2 is 2.00 bits per heavy atom. The topological polar surface area (TPSA) is 29.5 Å². The van der Waals surface area contributed by atoms with E-state index in [9.17, 15) is 4.79 Å². The van der Waals surface area contributed by atoms with Crippen molar-refractivity contribution in [1.82, 2.24) is 4.90 Å². The molecule has 5 heteroatoms. The first-order valence-electron chi connectivity index (χ1n) is 6.83. The number of nitrogens with zero attached hydrogens (tertiary/aromatic N) is 1. The summed E-state index contributed by atoms with van der Waals surface area (Å²) in [7, 11) is 0. The van der Waals surface area contributed by atoms with Gasteiger partial charge in [-0.2, -0.15) is 0 Å². The van der Waals surface area contributed by atoms with Gasteiger partial charge in [0.05, 0.1) is 4.47 Å². The van der Waals surface area contributed by atoms with E-state index in [1.54, 1.807) is 0 Å². The Kier molecular flexibility index (Phi) is 5.49. The number of rotatable bonds is 3. The van der Waals surface area contributed by atoms with Crippen molar-refractivity contribution in [1.29, 1.82) is 0 Å². The van der Waals surface area contributed by atoms with Crippen molar-refractivity contribution < 1.29 is 9.53 Å². The molecule has 3 nitrogen and oxygen atoms in total. The zero-order valence-electron chi connectivity index (χ0n) is 11.8. The second-order valence-corrected chi connectivity index (χ2v) is 7.16. The molecule has 0 spiro atoms. The van der Waals surface area contributed by atoms with Crippen LogP contribution >= 0.6 is 31.9 Å². The van der Waals surface area contributed by atoms with E-state index in [0.29, 0.717) is 0 Å². The predicted molar refractivity (Wildman–Crippen MR) is 87.1 cm³/mol. The minimum Gasteiger partial charge on any atom is -0.482 e. The van der Waals surface area contributed by atoms with Crippen molar-refractivity contribution in [3.05, 3.63) is 26.6 Å². The smallest absolute Gasteiger partial charge is 0.260 e. The molecule has 1 aliphatic rings. The van der Waals surface area contributed by atoms with Gasteiger partial charge in [-0.05, 0) is 59.3 Å². The van der Waals surface area contributed by atoms with Gasteiger partial charge in [0, 0.05) is 17.6 Å². The zero-order valence-corrected chi connectivity index (χ0v) is 15.0. The molecule has 0 aromatic heterocycles. The van der Waals surface area contributed by atoms with Crippen LogP contribution in [0, 0.1) is 12.8 Å². The number of likely N-dealkylation sites (tertiary alicyclic amines) is 1. The molecule has 1 aromatic carbocycles. The van der Waals surface area contributed by atoms with Crippen molar-refractivity contribution in [2.45, 2.75) is 26.7 Å². The predicted octanol–water partition coefficient (Wildman–Crippen LogP) is 4.16. The monoisotopic (exact) mass is 403 g/mol. The number of halogens is 2. The molecule has 0 bridgehead atoms. The van der Waals surface area contributed by atoms with Crippen molar-refractivity contribution in [2.24, 2.45) is 5.92 Å². The highest BCUT2D eigenvalue weighted by Gasteiger charge is 2.21. The van der Waals surface area contributed by atoms with Crippen LogP contribution in [0.3, 0.4) is 0 Å². The van der Waals surface area contributed by atoms with E-state index >= 15 is 0 Å². The fraction of sp³-hybridized carbons (Fsp3) is 0.533. The summed E-state index contributed by atoms with van der Waals surface area (Å²) < 4.78 is 7.56. The molecule has 0 saturated carbocycles. The summed E-state index contributed by atoms with van der Waals surface area (Å²) in [6.45, 7) is 6.02. The number of carbonyl (C=O) groups is 1. The lowest BCUT2D eigenvalue weighted by Gasteiger charge is -2.30. The van der Waals surface area contributed by atoms with E-state index in [2.05, 4.69) is 38.8 Å². The normalized spacial score (nSPS) is 16.3. The van der Waals surface area contributed by atoms with Crippen molar-refractivity contribution in [2.75, 3.05) is 19.7 Å². The first-order chi connectivity index (χ1) is 9.47. The van der Waals surface area contributed by atoms with Crippen LogP contribution in [0.15, 0.2) is 21.1 Å². The molecule has 1 aliphatic heterocycles. The summed E-state index contributed by atoms with van der Waals surface area (Å²) in [5.74, 6) is 1.54. The van der Waals surface area contributed by atoms with Crippen LogP contribution in [-0.2, 0) is 4.79 Å². The van der Waals surface area contributed by atoms with E-state index in [0.717, 1.165) is 52.1 Å². The van der Waals surface area contributed by atoms with E-state index in [1.165, 1.54) is 0 Å². The molecule has 20 heavy (non-hydrogen) atoms. The molecule has 0 aliphatic carbocycles. The third kappa shape index (κ3) is 3.98. The summed E-state index contributed by atoms with van der Waals surface area (Å²) in [4.78, 5) is 14.0. The second kappa shape index (κ2) is 6.94. The number of piperidine rings is 1. The largest absolute Gasteiger partial charge is 0.482 e. The maximum absolute atomic E-state index is 12.1. The number of hydrogen-bond donors (Lipinski definition) is 0. The number of aryl methyl sites for hydroxylation is 1. The Bertz CT molecular complexity index is 474. The SMILES string of the molecule is Cc1cc(Br)cc(Br)c1OCC(=O)N1CCC(C)CC1. The van der Waals surface area contributed by atoms with E-state index in [1.807, 2.05) is 24.0 Å². The molecular weight excluding hydrogens is 386 g/mol. The first-order valence-corrected chi connectivity index (χ1v) is 8.42. The van der Waals surface area contributed by atoms with Gasteiger partial charge in [-0.25, -0.2) is 0 Å². The van der Waals surface area contributed by atoms with Crippen LogP contribution in [0.1, 0.15) is 25.3 Å². The number of amides is 1. The maximum atomic E-state index is 12.1. The van der Waals surface area contributed by atoms with Crippen molar-refractivity contribution in [3.63, 3.8) is 0 Å². The fourth-order valence-electron chi connectivity index (χ4n) is 2.35. The zero-order chi connectivity index (χ0) is 14.7. The summed E-state index contributed by atoms with van der Waals surface area (Å²) >= 11 is 6.91. The minimum atomic E-state index is 0.0751. The van der Waals surface area contributed by atoms with Crippen LogP contribution in [0.5, 0.6) is 5.75 Å². The lowest BCUT2D eigenvalue weighted by molar-refractivity contribution is -0.134. The highest BCUT2D eigenvalue weighted by Crippen LogP contribution is 2.32. The molecule has 2 rings (SSSR count). The summed E-state index contributed by atoms with van der Waals surface area (Å²) in [6.07, 6.45) is 2.18. The van der Waals surface area contributed by atoms with Gasteiger partial charge < -0.3 is 9.64 Å². The third-order valence-electron chi connectivity index (χ3n) is 3.67. The third-order valence-corrected chi connectivity index (χ3v) is 4.72. The molecule has 1 saturated heterocycles. The van der Waals surface area contributed by atoms with Gasteiger partial charge in [0.1, 0.15) is 5.75 Å². The van der Waals surface area contributed by atoms with Crippen LogP contribution in [0.25, 0.3) is 0 Å². The maximum Gasteiger partial charge on any atom is 0.260 e. The Morgan fingerprint density at radius 1 is 1.35 bits per heavy atom. The average molecular weight is 405 g/mol. The van der Waals surface area contributed by atoms with Crippen LogP contribution in [-0.4, -0.2) is 30.5 Å². The molecule has 1 aromatic rings. The van der Waals surface area contributed by atoms with E-state index in [4.69, 9.17) is 4.74 Å². The highest BCUT2D eigenvalue weighted by molar-refractivity contribution is 9.11. The van der Waals surface area contributed by atoms with Gasteiger partial charge in [0.2, 0.25) is 0 Å². The fourth-order valence-corrected chi connectivity index (χ4v) is 3.91. The molecular formula is C15H19Br2NO2. The van der Waals surface area contributed by atoms with Crippen molar-refractivity contribution in [3.8, 4) is 5.75 Å². The summed E-state index contributed by atoms with van der Waals surface area (Å²) in [6, 6.07) is 3.91. The molecule has 0 radical (unpaired) electrons. The van der Waals surface area contributed by atoms with Gasteiger partial charge in [-0.3, -0.25) is 4.79 Å². The number of ether oxygens (including phenoxy) is 1. The van der Waals surface area contributed by atoms with Gasteiger partial charge >= 0.3 is 0 Å². The Labute approximate surface area is 136 Å². The van der Waals surface area contributed by atoms with Gasteiger partial charge in [-0.15, -0.1) is 0 Å². The molecule has 0 N–H and O–H groups in total. The standard InChI is InChI=1S/C15H19Br2NO2/c1-10-3-5-18(6-4-10)14(19)9-20-15-11(2)7-12(16)8-13(15)17/h7-8,10H,3-6,9H2,1-2H3. The number of hydrogen-bond acceptors (Lipinski definition) is 2. The van der Waals surface area contributed by atoms with Crippen LogP contribution < -0.4 is 4.74 Å². The number of carbonyl (C=O) groups excluding carboxylic acids is 1. The molecule has 1 heterocycles. The number of benzene rings is 1. The van der Waals surface area contributed by atoms with E-state index in [-0.39, 0.29) is 12.5 Å². The lowest BCUT2D eigenvalue weighted by Crippen LogP contribution is -2.40. The van der Waals surface area contributed by atoms with Crippen LogP contribution in [0.2, 0.25) is 0 Å². The van der Waals surface area contributed by atoms with Crippen molar-refractivity contribution >= 4 is 37.8 Å². The minimum absolute atomic E-state index is 0.0751. The Hall–Kier alpha value is -0.550. The molecule has 0 unspecified atom stereocenters. The summed E-state index contributed by atoms with van der Waals surface area (Å²) in [5, 5.41) is 0. The van der Waals surface area contributed by atoms with E-state index < -0.39 is 0 Å².